The van der Waals surface area contributed by atoms with Gasteiger partial charge in [0.25, 0.3) is 0 Å². The molecule has 98 valence electrons. The number of rotatable bonds is 6. The number of carbonyl (C=O) groups is 1. The number of nitrogens with two attached hydrogens (primary N) is 1. The van der Waals surface area contributed by atoms with E-state index in [1.54, 1.807) is 0 Å². The Morgan fingerprint density at radius 2 is 2.06 bits per heavy atom. The van der Waals surface area contributed by atoms with Gasteiger partial charge in [-0.2, -0.15) is 11.8 Å². The Bertz CT molecular complexity index is 412. The maximum absolute atomic E-state index is 11.7. The summed E-state index contributed by atoms with van der Waals surface area (Å²) in [6, 6.07) is 7.71. The van der Waals surface area contributed by atoms with Gasteiger partial charge in [-0.1, -0.05) is 12.1 Å². The van der Waals surface area contributed by atoms with Crippen molar-refractivity contribution in [2.45, 2.75) is 30.4 Å². The molecule has 2 rings (SSSR count). The van der Waals surface area contributed by atoms with Gasteiger partial charge in [0.1, 0.15) is 0 Å². The molecule has 1 aliphatic rings. The number of nitrogen functional groups attached to an aromatic ring is 1. The molecule has 0 spiro atoms. The molecular weight excluding hydrogens is 244 g/mol. The lowest BCUT2D eigenvalue weighted by Gasteiger charge is -2.12. The number of amides is 1. The molecule has 0 unspecified atom stereocenters. The highest BCUT2D eigenvalue weighted by Gasteiger charge is 2.41. The van der Waals surface area contributed by atoms with Gasteiger partial charge in [-0.25, -0.2) is 0 Å². The summed E-state index contributed by atoms with van der Waals surface area (Å²) in [6.45, 7) is 0.814. The SMILES string of the molecule is CSC1(CNC(=O)CCc2ccc(N)cc2)CC1. The molecule has 0 saturated heterocycles. The van der Waals surface area contributed by atoms with Crippen LogP contribution in [-0.4, -0.2) is 23.5 Å². The summed E-state index contributed by atoms with van der Waals surface area (Å²) < 4.78 is 0.344. The van der Waals surface area contributed by atoms with Gasteiger partial charge in [0.2, 0.25) is 5.91 Å². The quantitative estimate of drug-likeness (QED) is 0.775. The normalized spacial score (nSPS) is 16.3. The van der Waals surface area contributed by atoms with Crippen LogP contribution in [0.25, 0.3) is 0 Å². The van der Waals surface area contributed by atoms with E-state index in [1.807, 2.05) is 36.0 Å². The van der Waals surface area contributed by atoms with E-state index in [1.165, 1.54) is 12.8 Å². The molecule has 3 nitrogen and oxygen atoms in total. The molecule has 1 fully saturated rings. The molecule has 0 aromatic heterocycles. The van der Waals surface area contributed by atoms with Crippen molar-refractivity contribution in [1.29, 1.82) is 0 Å². The molecule has 1 aromatic carbocycles. The van der Waals surface area contributed by atoms with E-state index in [9.17, 15) is 4.79 Å². The molecule has 1 aromatic rings. The zero-order chi connectivity index (χ0) is 13.0. The first-order chi connectivity index (χ1) is 8.63. The van der Waals surface area contributed by atoms with Gasteiger partial charge in [0.05, 0.1) is 0 Å². The molecule has 1 amide bonds. The summed E-state index contributed by atoms with van der Waals surface area (Å²) in [6.07, 6.45) is 5.90. The minimum atomic E-state index is 0.146. The zero-order valence-corrected chi connectivity index (χ0v) is 11.6. The van der Waals surface area contributed by atoms with Crippen LogP contribution in [0.1, 0.15) is 24.8 Å². The fraction of sp³-hybridized carbons (Fsp3) is 0.500. The van der Waals surface area contributed by atoms with E-state index in [2.05, 4.69) is 11.6 Å². The third-order valence-corrected chi connectivity index (χ3v) is 4.89. The molecule has 0 heterocycles. The lowest BCUT2D eigenvalue weighted by molar-refractivity contribution is -0.121. The van der Waals surface area contributed by atoms with Crippen molar-refractivity contribution in [2.24, 2.45) is 0 Å². The van der Waals surface area contributed by atoms with Crippen LogP contribution in [0.2, 0.25) is 0 Å². The van der Waals surface area contributed by atoms with Gasteiger partial charge in [-0.3, -0.25) is 4.79 Å². The van der Waals surface area contributed by atoms with Crippen LogP contribution < -0.4 is 11.1 Å². The number of hydrogen-bond donors (Lipinski definition) is 2. The topological polar surface area (TPSA) is 55.1 Å². The average molecular weight is 264 g/mol. The Hall–Kier alpha value is -1.16. The second kappa shape index (κ2) is 5.65. The Labute approximate surface area is 113 Å². The minimum absolute atomic E-state index is 0.146. The van der Waals surface area contributed by atoms with Crippen LogP contribution in [-0.2, 0) is 11.2 Å². The molecular formula is C14H20N2OS. The van der Waals surface area contributed by atoms with Crippen molar-refractivity contribution in [3.63, 3.8) is 0 Å². The predicted molar refractivity (Wildman–Crippen MR) is 77.7 cm³/mol. The smallest absolute Gasteiger partial charge is 0.220 e. The third kappa shape index (κ3) is 3.67. The van der Waals surface area contributed by atoms with Crippen LogP contribution in [0, 0.1) is 0 Å². The Morgan fingerprint density at radius 1 is 1.39 bits per heavy atom. The molecule has 4 heteroatoms. The summed E-state index contributed by atoms with van der Waals surface area (Å²) in [5.74, 6) is 0.146. The Balaban J connectivity index is 1.70. The lowest BCUT2D eigenvalue weighted by Crippen LogP contribution is -2.31. The predicted octanol–water partition coefficient (Wildman–Crippen LogP) is 2.21. The third-order valence-electron chi connectivity index (χ3n) is 3.47. The van der Waals surface area contributed by atoms with Gasteiger partial charge in [-0.15, -0.1) is 0 Å². The second-order valence-corrected chi connectivity index (χ2v) is 6.18. The van der Waals surface area contributed by atoms with Gasteiger partial charge < -0.3 is 11.1 Å². The maximum Gasteiger partial charge on any atom is 0.220 e. The summed E-state index contributed by atoms with van der Waals surface area (Å²) in [7, 11) is 0. The number of thioether (sulfide) groups is 1. The first kappa shape index (κ1) is 13.3. The van der Waals surface area contributed by atoms with Crippen molar-refractivity contribution in [1.82, 2.24) is 5.32 Å². The van der Waals surface area contributed by atoms with Crippen LogP contribution in [0.5, 0.6) is 0 Å². The molecule has 18 heavy (non-hydrogen) atoms. The highest BCUT2D eigenvalue weighted by Crippen LogP contribution is 2.46. The van der Waals surface area contributed by atoms with Crippen molar-refractivity contribution in [3.8, 4) is 0 Å². The second-order valence-electron chi connectivity index (χ2n) is 4.91. The van der Waals surface area contributed by atoms with E-state index < -0.39 is 0 Å². The first-order valence-corrected chi connectivity index (χ1v) is 7.52. The monoisotopic (exact) mass is 264 g/mol. The summed E-state index contributed by atoms with van der Waals surface area (Å²) in [5.41, 5.74) is 7.54. The molecule has 1 aliphatic carbocycles. The molecule has 0 bridgehead atoms. The lowest BCUT2D eigenvalue weighted by atomic mass is 10.1. The summed E-state index contributed by atoms with van der Waals surface area (Å²) in [4.78, 5) is 11.7. The van der Waals surface area contributed by atoms with Crippen LogP contribution >= 0.6 is 11.8 Å². The van der Waals surface area contributed by atoms with Gasteiger partial charge in [0.15, 0.2) is 0 Å². The van der Waals surface area contributed by atoms with Crippen molar-refractivity contribution in [2.75, 3.05) is 18.5 Å². The summed E-state index contributed by atoms with van der Waals surface area (Å²) in [5, 5.41) is 3.03. The van der Waals surface area contributed by atoms with Crippen molar-refractivity contribution >= 4 is 23.4 Å². The first-order valence-electron chi connectivity index (χ1n) is 6.30. The summed E-state index contributed by atoms with van der Waals surface area (Å²) >= 11 is 1.87. The highest BCUT2D eigenvalue weighted by molar-refractivity contribution is 8.00. The number of nitrogens with one attached hydrogen (secondary N) is 1. The van der Waals surface area contributed by atoms with E-state index in [4.69, 9.17) is 5.73 Å². The van der Waals surface area contributed by atoms with Gasteiger partial charge in [0, 0.05) is 23.4 Å². The van der Waals surface area contributed by atoms with Crippen LogP contribution in [0.15, 0.2) is 24.3 Å². The number of carbonyl (C=O) groups excluding carboxylic acids is 1. The van der Waals surface area contributed by atoms with E-state index >= 15 is 0 Å². The molecule has 1 saturated carbocycles. The maximum atomic E-state index is 11.7. The molecule has 3 N–H and O–H groups in total. The van der Waals surface area contributed by atoms with Gasteiger partial charge in [-0.05, 0) is 43.2 Å². The Morgan fingerprint density at radius 3 is 2.61 bits per heavy atom. The minimum Gasteiger partial charge on any atom is -0.399 e. The fourth-order valence-corrected chi connectivity index (χ4v) is 2.61. The standard InChI is InChI=1S/C14H20N2OS/c1-18-14(8-9-14)10-16-13(17)7-4-11-2-5-12(15)6-3-11/h2-3,5-6H,4,7-10,15H2,1H3,(H,16,17). The van der Waals surface area contributed by atoms with E-state index in [-0.39, 0.29) is 5.91 Å². The zero-order valence-electron chi connectivity index (χ0n) is 10.7. The fourth-order valence-electron chi connectivity index (χ4n) is 1.88. The Kier molecular flexibility index (Phi) is 4.17. The molecule has 0 radical (unpaired) electrons. The highest BCUT2D eigenvalue weighted by atomic mass is 32.2. The largest absolute Gasteiger partial charge is 0.399 e. The number of benzene rings is 1. The van der Waals surface area contributed by atoms with Gasteiger partial charge >= 0.3 is 0 Å². The van der Waals surface area contributed by atoms with Crippen molar-refractivity contribution in [3.05, 3.63) is 29.8 Å². The molecule has 0 atom stereocenters. The van der Waals surface area contributed by atoms with Crippen LogP contribution in [0.3, 0.4) is 0 Å². The van der Waals surface area contributed by atoms with Crippen molar-refractivity contribution < 1.29 is 4.79 Å². The average Bonchev–Trinajstić information content (AvgIpc) is 3.16. The number of anilines is 1. The molecule has 0 aliphatic heterocycles. The van der Waals surface area contributed by atoms with Crippen LogP contribution in [0.4, 0.5) is 5.69 Å². The number of aryl methyl sites for hydroxylation is 1. The van der Waals surface area contributed by atoms with E-state index in [0.717, 1.165) is 24.2 Å². The van der Waals surface area contributed by atoms with E-state index in [0.29, 0.717) is 11.2 Å². The number of hydrogen-bond acceptors (Lipinski definition) is 3.